The second-order valence-corrected chi connectivity index (χ2v) is 3.36. The van der Waals surface area contributed by atoms with Crippen molar-refractivity contribution in [2.75, 3.05) is 7.11 Å². The molecule has 2 aromatic heterocycles. The van der Waals surface area contributed by atoms with Crippen molar-refractivity contribution < 1.29 is 16.3 Å². The van der Waals surface area contributed by atoms with Crippen LogP contribution in [-0.2, 0) is 11.3 Å². The molecule has 0 amide bonds. The fourth-order valence-electron chi connectivity index (χ4n) is 0.951. The molecule has 2 aromatic rings. The predicted octanol–water partition coefficient (Wildman–Crippen LogP) is 1.87. The Morgan fingerprint density at radius 1 is 1.79 bits per heavy atom. The Bertz CT molecular complexity index is 481. The van der Waals surface area contributed by atoms with Crippen LogP contribution in [0, 0.1) is 0 Å². The first-order chi connectivity index (χ1) is 7.44. The van der Waals surface area contributed by atoms with E-state index in [1.54, 1.807) is 0 Å². The average molecular weight is 221 g/mol. The monoisotopic (exact) mass is 221 g/mol. The van der Waals surface area contributed by atoms with Crippen LogP contribution >= 0.6 is 11.3 Å². The minimum Gasteiger partial charge on any atom is -0.377 e. The van der Waals surface area contributed by atoms with Gasteiger partial charge < -0.3 is 4.74 Å². The zero-order valence-corrected chi connectivity index (χ0v) is 7.89. The average Bonchev–Trinajstić information content (AvgIpc) is 2.74. The summed E-state index contributed by atoms with van der Waals surface area (Å²) in [4.78, 5) is 3.84. The number of ether oxygens (including phenoxy) is 1. The van der Waals surface area contributed by atoms with Crippen molar-refractivity contribution >= 4 is 16.3 Å². The molecule has 2 heterocycles. The minimum atomic E-state index is -2.66. The van der Waals surface area contributed by atoms with Gasteiger partial charge in [0.15, 0.2) is 0 Å². The van der Waals surface area contributed by atoms with Crippen LogP contribution < -0.4 is 0 Å². The summed E-state index contributed by atoms with van der Waals surface area (Å²) >= 11 is 0.874. The maximum atomic E-state index is 12.3. The maximum absolute atomic E-state index is 12.3. The molecular weight excluding hydrogens is 212 g/mol. The van der Waals surface area contributed by atoms with Crippen molar-refractivity contribution in [1.29, 1.82) is 0 Å². The first kappa shape index (κ1) is 7.24. The Kier molecular flexibility index (Phi) is 1.85. The topological polar surface area (TPSA) is 39.4 Å². The molecule has 0 bridgehead atoms. The molecule has 2 rings (SSSR count). The van der Waals surface area contributed by atoms with E-state index in [0.717, 1.165) is 22.0 Å². The van der Waals surface area contributed by atoms with E-state index in [1.165, 1.54) is 7.11 Å². The number of alkyl halides is 2. The lowest BCUT2D eigenvalue weighted by atomic mass is 10.5. The lowest BCUT2D eigenvalue weighted by molar-refractivity contribution is 0.146. The molecule has 0 aliphatic rings. The zero-order chi connectivity index (χ0) is 11.9. The van der Waals surface area contributed by atoms with E-state index >= 15 is 0 Å². The molecule has 0 saturated heterocycles. The smallest absolute Gasteiger partial charge is 0.282 e. The maximum Gasteiger partial charge on any atom is 0.282 e. The Morgan fingerprint density at radius 2 is 2.57 bits per heavy atom. The number of fused-ring (bicyclic) bond motifs is 1. The van der Waals surface area contributed by atoms with Gasteiger partial charge in [-0.2, -0.15) is 5.10 Å². The van der Waals surface area contributed by atoms with Gasteiger partial charge in [0.05, 0.1) is 15.5 Å². The number of rotatable bonds is 3. The molecule has 0 aliphatic carbocycles. The molecule has 0 fully saturated rings. The third kappa shape index (κ3) is 1.60. The summed E-state index contributed by atoms with van der Waals surface area (Å²) in [7, 11) is 1.20. The van der Waals surface area contributed by atoms with Crippen LogP contribution in [0.15, 0.2) is 6.20 Å². The first-order valence-electron chi connectivity index (χ1n) is 4.64. The summed E-state index contributed by atoms with van der Waals surface area (Å²) in [6.07, 6.45) is -1.58. The molecular formula is C7H7F2N3OS. The van der Waals surface area contributed by atoms with Gasteiger partial charge in [-0.15, -0.1) is 0 Å². The van der Waals surface area contributed by atoms with E-state index in [2.05, 4.69) is 14.8 Å². The summed E-state index contributed by atoms with van der Waals surface area (Å²) in [5.74, 6) is 0. The summed E-state index contributed by atoms with van der Waals surface area (Å²) in [5, 5.41) is 3.84. The third-order valence-corrected chi connectivity index (χ3v) is 2.29. The van der Waals surface area contributed by atoms with Crippen LogP contribution in [0.25, 0.3) is 4.96 Å². The number of aromatic nitrogens is 3. The van der Waals surface area contributed by atoms with Gasteiger partial charge in [-0.05, 0) is 0 Å². The van der Waals surface area contributed by atoms with Gasteiger partial charge in [0.25, 0.3) is 6.43 Å². The van der Waals surface area contributed by atoms with Crippen LogP contribution in [0.3, 0.4) is 0 Å². The number of hydrogen-bond donors (Lipinski definition) is 0. The van der Waals surface area contributed by atoms with E-state index in [0.29, 0.717) is 0 Å². The number of hydrogen-bond acceptors (Lipinski definition) is 4. The zero-order valence-electron chi connectivity index (χ0n) is 9.07. The number of imidazole rings is 1. The molecule has 0 radical (unpaired) electrons. The Hall–Kier alpha value is -1.08. The van der Waals surface area contributed by atoms with Crippen LogP contribution in [0.5, 0.6) is 0 Å². The number of nitrogens with zero attached hydrogens (tertiary/aromatic N) is 3. The van der Waals surface area contributed by atoms with E-state index in [-0.39, 0.29) is 15.7 Å². The Balaban J connectivity index is 2.43. The van der Waals surface area contributed by atoms with Crippen molar-refractivity contribution in [3.63, 3.8) is 0 Å². The normalized spacial score (nSPS) is 14.9. The SMILES string of the molecule is [2H]C([2H])(OC)c1nn2cc(C(F)F)nc2s1. The molecule has 14 heavy (non-hydrogen) atoms. The van der Waals surface area contributed by atoms with Crippen molar-refractivity contribution in [3.05, 3.63) is 16.9 Å². The highest BCUT2D eigenvalue weighted by atomic mass is 32.1. The summed E-state index contributed by atoms with van der Waals surface area (Å²) in [5.41, 5.74) is -0.372. The highest BCUT2D eigenvalue weighted by Gasteiger charge is 2.14. The minimum absolute atomic E-state index is 0.0401. The second-order valence-electron chi connectivity index (χ2n) is 2.41. The van der Waals surface area contributed by atoms with Crippen molar-refractivity contribution in [2.45, 2.75) is 13.0 Å². The van der Waals surface area contributed by atoms with Gasteiger partial charge >= 0.3 is 0 Å². The Morgan fingerprint density at radius 3 is 3.14 bits per heavy atom. The third-order valence-electron chi connectivity index (χ3n) is 1.47. The van der Waals surface area contributed by atoms with Crippen LogP contribution in [0.1, 0.15) is 19.9 Å². The molecule has 76 valence electrons. The van der Waals surface area contributed by atoms with Crippen molar-refractivity contribution in [2.24, 2.45) is 0 Å². The summed E-state index contributed by atoms with van der Waals surface area (Å²) in [6, 6.07) is 0. The van der Waals surface area contributed by atoms with Crippen LogP contribution in [0.4, 0.5) is 8.78 Å². The number of methoxy groups -OCH3 is 1. The van der Waals surface area contributed by atoms with Gasteiger partial charge in [0.1, 0.15) is 10.7 Å². The van der Waals surface area contributed by atoms with Gasteiger partial charge in [-0.1, -0.05) is 11.3 Å². The number of halogens is 2. The molecule has 0 unspecified atom stereocenters. The molecule has 0 aliphatic heterocycles. The molecule has 0 atom stereocenters. The van der Waals surface area contributed by atoms with Crippen molar-refractivity contribution in [3.8, 4) is 0 Å². The molecule has 0 saturated carbocycles. The lowest BCUT2D eigenvalue weighted by Crippen LogP contribution is -1.89. The molecule has 0 spiro atoms. The fraction of sp³-hybridized carbons (Fsp3) is 0.429. The molecule has 7 heteroatoms. The largest absolute Gasteiger partial charge is 0.377 e. The summed E-state index contributed by atoms with van der Waals surface area (Å²) in [6.45, 7) is -2.03. The molecule has 0 N–H and O–H groups in total. The standard InChI is InChI=1S/C7H7F2N3OS/c1-13-3-5-11-12-2-4(6(8)9)10-7(12)14-5/h2,6H,3H2,1H3/i3D2. The van der Waals surface area contributed by atoms with Crippen LogP contribution in [-0.4, -0.2) is 21.7 Å². The quantitative estimate of drug-likeness (QED) is 0.794. The van der Waals surface area contributed by atoms with Gasteiger partial charge in [-0.3, -0.25) is 0 Å². The first-order valence-corrected chi connectivity index (χ1v) is 4.45. The van der Waals surface area contributed by atoms with E-state index in [4.69, 9.17) is 2.74 Å². The highest BCUT2D eigenvalue weighted by Crippen LogP contribution is 2.21. The highest BCUT2D eigenvalue weighted by molar-refractivity contribution is 7.16. The van der Waals surface area contributed by atoms with E-state index in [9.17, 15) is 8.78 Å². The molecule has 0 aromatic carbocycles. The predicted molar refractivity (Wildman–Crippen MR) is 46.5 cm³/mol. The van der Waals surface area contributed by atoms with E-state index in [1.807, 2.05) is 0 Å². The Labute approximate surface area is 84.9 Å². The van der Waals surface area contributed by atoms with Gasteiger partial charge in [-0.25, -0.2) is 18.3 Å². The molecule has 4 nitrogen and oxygen atoms in total. The second kappa shape index (κ2) is 3.58. The van der Waals surface area contributed by atoms with Gasteiger partial charge in [0.2, 0.25) is 4.96 Å². The summed E-state index contributed by atoms with van der Waals surface area (Å²) < 4.78 is 45.1. The fourth-order valence-corrected chi connectivity index (χ4v) is 1.72. The van der Waals surface area contributed by atoms with Gasteiger partial charge in [0, 0.05) is 7.11 Å². The van der Waals surface area contributed by atoms with E-state index < -0.39 is 13.0 Å². The lowest BCUT2D eigenvalue weighted by Gasteiger charge is -1.90. The van der Waals surface area contributed by atoms with Crippen LogP contribution in [0.2, 0.25) is 0 Å². The van der Waals surface area contributed by atoms with Crippen molar-refractivity contribution in [1.82, 2.24) is 14.6 Å².